The van der Waals surface area contributed by atoms with Gasteiger partial charge in [0.15, 0.2) is 0 Å². The third-order valence-corrected chi connectivity index (χ3v) is 3.69. The number of amides is 2. The predicted molar refractivity (Wildman–Crippen MR) is 74.0 cm³/mol. The molecule has 1 aliphatic rings. The Morgan fingerprint density at radius 2 is 2.16 bits per heavy atom. The van der Waals surface area contributed by atoms with Crippen LogP contribution in [-0.4, -0.2) is 29.2 Å². The van der Waals surface area contributed by atoms with E-state index in [4.69, 9.17) is 5.11 Å². The maximum absolute atomic E-state index is 11.7. The van der Waals surface area contributed by atoms with Crippen molar-refractivity contribution >= 4 is 12.0 Å². The molecule has 0 radical (unpaired) electrons. The van der Waals surface area contributed by atoms with E-state index in [-0.39, 0.29) is 0 Å². The lowest BCUT2D eigenvalue weighted by molar-refractivity contribution is -0.143. The third kappa shape index (κ3) is 4.93. The van der Waals surface area contributed by atoms with Gasteiger partial charge in [-0.05, 0) is 45.4 Å². The third-order valence-electron chi connectivity index (χ3n) is 3.69. The number of allylic oxidation sites excluding steroid dienone is 1. The van der Waals surface area contributed by atoms with Crippen LogP contribution < -0.4 is 10.6 Å². The summed E-state index contributed by atoms with van der Waals surface area (Å²) in [6.45, 7) is 3.80. The van der Waals surface area contributed by atoms with Gasteiger partial charge in [0.25, 0.3) is 0 Å². The molecule has 0 aromatic carbocycles. The molecular formula is C14H24N2O3. The fraction of sp³-hybridized carbons (Fsp3) is 0.714. The minimum absolute atomic E-state index is 0.348. The van der Waals surface area contributed by atoms with Crippen LogP contribution in [0.2, 0.25) is 0 Å². The highest BCUT2D eigenvalue weighted by atomic mass is 16.4. The smallest absolute Gasteiger partial charge is 0.329 e. The van der Waals surface area contributed by atoms with Gasteiger partial charge in [-0.15, -0.1) is 0 Å². The quantitative estimate of drug-likeness (QED) is 0.647. The molecule has 0 saturated carbocycles. The molecule has 0 aromatic heterocycles. The SMILES string of the molecule is CCC(C)(NC(=O)NCCC1=CCCCC1)C(=O)O. The molecule has 19 heavy (non-hydrogen) atoms. The molecule has 0 fully saturated rings. The summed E-state index contributed by atoms with van der Waals surface area (Å²) >= 11 is 0. The molecule has 1 unspecified atom stereocenters. The van der Waals surface area contributed by atoms with Crippen molar-refractivity contribution < 1.29 is 14.7 Å². The molecule has 0 aliphatic heterocycles. The summed E-state index contributed by atoms with van der Waals surface area (Å²) in [7, 11) is 0. The molecule has 1 rings (SSSR count). The molecule has 5 nitrogen and oxygen atoms in total. The van der Waals surface area contributed by atoms with Crippen LogP contribution in [0.5, 0.6) is 0 Å². The van der Waals surface area contributed by atoms with Crippen molar-refractivity contribution in [1.29, 1.82) is 0 Å². The van der Waals surface area contributed by atoms with E-state index in [9.17, 15) is 9.59 Å². The van der Waals surface area contributed by atoms with Crippen LogP contribution in [0.15, 0.2) is 11.6 Å². The number of hydrogen-bond donors (Lipinski definition) is 3. The number of aliphatic carboxylic acids is 1. The van der Waals surface area contributed by atoms with Crippen molar-refractivity contribution in [3.05, 3.63) is 11.6 Å². The highest BCUT2D eigenvalue weighted by Crippen LogP contribution is 2.19. The van der Waals surface area contributed by atoms with Gasteiger partial charge in [0.1, 0.15) is 5.54 Å². The van der Waals surface area contributed by atoms with E-state index in [1.807, 2.05) is 0 Å². The summed E-state index contributed by atoms with van der Waals surface area (Å²) in [5.41, 5.74) is 0.191. The molecule has 0 saturated heterocycles. The van der Waals surface area contributed by atoms with Crippen LogP contribution >= 0.6 is 0 Å². The Morgan fingerprint density at radius 1 is 1.42 bits per heavy atom. The molecule has 0 aromatic rings. The van der Waals surface area contributed by atoms with E-state index >= 15 is 0 Å². The van der Waals surface area contributed by atoms with Crippen LogP contribution in [0.3, 0.4) is 0 Å². The summed E-state index contributed by atoms with van der Waals surface area (Å²) in [6.07, 6.45) is 8.18. The van der Waals surface area contributed by atoms with Gasteiger partial charge in [-0.2, -0.15) is 0 Å². The van der Waals surface area contributed by atoms with Gasteiger partial charge in [-0.3, -0.25) is 0 Å². The van der Waals surface area contributed by atoms with Crippen molar-refractivity contribution in [3.8, 4) is 0 Å². The molecule has 3 N–H and O–H groups in total. The summed E-state index contributed by atoms with van der Waals surface area (Å²) in [5, 5.41) is 14.3. The lowest BCUT2D eigenvalue weighted by Gasteiger charge is -2.24. The molecule has 0 heterocycles. The molecule has 0 bridgehead atoms. The lowest BCUT2D eigenvalue weighted by atomic mass is 9.97. The molecule has 1 atom stereocenters. The van der Waals surface area contributed by atoms with Crippen molar-refractivity contribution in [2.75, 3.05) is 6.54 Å². The highest BCUT2D eigenvalue weighted by Gasteiger charge is 2.32. The molecule has 2 amide bonds. The zero-order valence-corrected chi connectivity index (χ0v) is 11.8. The van der Waals surface area contributed by atoms with Crippen LogP contribution in [0.25, 0.3) is 0 Å². The maximum atomic E-state index is 11.7. The number of carboxylic acids is 1. The number of rotatable bonds is 6. The van der Waals surface area contributed by atoms with E-state index in [2.05, 4.69) is 16.7 Å². The van der Waals surface area contributed by atoms with E-state index in [1.165, 1.54) is 25.3 Å². The molecular weight excluding hydrogens is 244 g/mol. The van der Waals surface area contributed by atoms with Gasteiger partial charge in [-0.25, -0.2) is 9.59 Å². The summed E-state index contributed by atoms with van der Waals surface area (Å²) in [4.78, 5) is 22.7. The zero-order chi connectivity index (χ0) is 14.3. The first-order chi connectivity index (χ1) is 8.98. The summed E-state index contributed by atoms with van der Waals surface area (Å²) in [5.74, 6) is -1.01. The average Bonchev–Trinajstić information content (AvgIpc) is 2.39. The van der Waals surface area contributed by atoms with Crippen LogP contribution in [0.1, 0.15) is 52.4 Å². The van der Waals surface area contributed by atoms with Crippen molar-refractivity contribution in [2.24, 2.45) is 0 Å². The minimum atomic E-state index is -1.20. The number of urea groups is 1. The van der Waals surface area contributed by atoms with Crippen LogP contribution in [0.4, 0.5) is 4.79 Å². The fourth-order valence-electron chi connectivity index (χ4n) is 2.06. The largest absolute Gasteiger partial charge is 0.480 e. The lowest BCUT2D eigenvalue weighted by Crippen LogP contribution is -2.54. The summed E-state index contributed by atoms with van der Waals surface area (Å²) < 4.78 is 0. The van der Waals surface area contributed by atoms with E-state index in [0.717, 1.165) is 19.3 Å². The highest BCUT2D eigenvalue weighted by molar-refractivity contribution is 5.85. The molecule has 0 spiro atoms. The predicted octanol–water partition coefficient (Wildman–Crippen LogP) is 2.43. The monoisotopic (exact) mass is 268 g/mol. The number of nitrogens with one attached hydrogen (secondary N) is 2. The maximum Gasteiger partial charge on any atom is 0.329 e. The van der Waals surface area contributed by atoms with Crippen LogP contribution in [0, 0.1) is 0 Å². The van der Waals surface area contributed by atoms with E-state index in [1.54, 1.807) is 6.92 Å². The molecule has 108 valence electrons. The Balaban J connectivity index is 2.31. The Labute approximate surface area is 114 Å². The van der Waals surface area contributed by atoms with E-state index in [0.29, 0.717) is 13.0 Å². The number of carboxylic acid groups (broad SMARTS) is 1. The van der Waals surface area contributed by atoms with Gasteiger partial charge >= 0.3 is 12.0 Å². The van der Waals surface area contributed by atoms with Crippen molar-refractivity contribution in [1.82, 2.24) is 10.6 Å². The van der Waals surface area contributed by atoms with Crippen molar-refractivity contribution in [2.45, 2.75) is 57.9 Å². The second-order valence-electron chi connectivity index (χ2n) is 5.23. The van der Waals surface area contributed by atoms with Crippen molar-refractivity contribution in [3.63, 3.8) is 0 Å². The Hall–Kier alpha value is -1.52. The molecule has 1 aliphatic carbocycles. The van der Waals surface area contributed by atoms with Gasteiger partial charge in [-0.1, -0.05) is 18.6 Å². The average molecular weight is 268 g/mol. The van der Waals surface area contributed by atoms with Gasteiger partial charge in [0, 0.05) is 6.54 Å². The van der Waals surface area contributed by atoms with E-state index < -0.39 is 17.5 Å². The molecule has 5 heteroatoms. The number of hydrogen-bond acceptors (Lipinski definition) is 2. The first kappa shape index (κ1) is 15.5. The Morgan fingerprint density at radius 3 is 2.68 bits per heavy atom. The number of carbonyl (C=O) groups is 2. The number of carbonyl (C=O) groups excluding carboxylic acids is 1. The zero-order valence-electron chi connectivity index (χ0n) is 11.8. The topological polar surface area (TPSA) is 78.4 Å². The Kier molecular flexibility index (Phi) is 5.86. The normalized spacial score (nSPS) is 18.1. The summed E-state index contributed by atoms with van der Waals surface area (Å²) in [6, 6.07) is -0.414. The second kappa shape index (κ2) is 7.16. The standard InChI is InChI=1S/C14H24N2O3/c1-3-14(2,12(17)18)16-13(19)15-10-9-11-7-5-4-6-8-11/h7H,3-6,8-10H2,1-2H3,(H,17,18)(H2,15,16,19). The second-order valence-corrected chi connectivity index (χ2v) is 5.23. The van der Waals surface area contributed by atoms with Crippen LogP contribution in [-0.2, 0) is 4.79 Å². The minimum Gasteiger partial charge on any atom is -0.480 e. The van der Waals surface area contributed by atoms with Gasteiger partial charge < -0.3 is 15.7 Å². The first-order valence-electron chi connectivity index (χ1n) is 6.95. The Bertz CT molecular complexity index is 366. The fourth-order valence-corrected chi connectivity index (χ4v) is 2.06. The first-order valence-corrected chi connectivity index (χ1v) is 6.95. The van der Waals surface area contributed by atoms with Gasteiger partial charge in [0.05, 0.1) is 0 Å². The van der Waals surface area contributed by atoms with Gasteiger partial charge in [0.2, 0.25) is 0 Å².